The van der Waals surface area contributed by atoms with E-state index in [-0.39, 0.29) is 23.0 Å². The molecule has 2 aromatic rings. The molecule has 0 aliphatic heterocycles. The normalized spacial score (nSPS) is 10.3. The summed E-state index contributed by atoms with van der Waals surface area (Å²) >= 11 is 0. The molecule has 122 valence electrons. The van der Waals surface area contributed by atoms with Gasteiger partial charge in [-0.15, -0.1) is 5.10 Å². The Morgan fingerprint density at radius 3 is 2.78 bits per heavy atom. The molecule has 11 nitrogen and oxygen atoms in total. The highest BCUT2D eigenvalue weighted by Crippen LogP contribution is 2.16. The summed E-state index contributed by atoms with van der Waals surface area (Å²) in [7, 11) is 1.57. The highest BCUT2D eigenvalue weighted by Gasteiger charge is 2.21. The van der Waals surface area contributed by atoms with E-state index >= 15 is 0 Å². The number of anilines is 1. The van der Waals surface area contributed by atoms with Crippen molar-refractivity contribution in [1.29, 1.82) is 0 Å². The predicted molar refractivity (Wildman–Crippen MR) is 79.0 cm³/mol. The van der Waals surface area contributed by atoms with Crippen molar-refractivity contribution in [1.82, 2.24) is 25.3 Å². The fraction of sp³-hybridized carbons (Fsp3) is 0.333. The fourth-order valence-electron chi connectivity index (χ4n) is 1.83. The largest absolute Gasteiger partial charge is 0.358 e. The van der Waals surface area contributed by atoms with Crippen LogP contribution >= 0.6 is 0 Å². The average molecular weight is 321 g/mol. The first-order valence-electron chi connectivity index (χ1n) is 6.75. The Hall–Kier alpha value is -3.24. The van der Waals surface area contributed by atoms with Crippen LogP contribution in [-0.2, 0) is 7.05 Å². The Kier molecular flexibility index (Phi) is 4.69. The third kappa shape index (κ3) is 3.51. The minimum absolute atomic E-state index is 0.166. The molecular formula is C12H15N7O4. The summed E-state index contributed by atoms with van der Waals surface area (Å²) in [5, 5.41) is 25.4. The van der Waals surface area contributed by atoms with Gasteiger partial charge in [-0.05, 0) is 11.3 Å². The first kappa shape index (κ1) is 16.1. The molecule has 0 aromatic carbocycles. The topological polar surface area (TPSA) is 148 Å². The van der Waals surface area contributed by atoms with Crippen molar-refractivity contribution in [2.45, 2.75) is 13.3 Å². The second-order valence-corrected chi connectivity index (χ2v) is 4.64. The summed E-state index contributed by atoms with van der Waals surface area (Å²) in [6, 6.07) is 1.00. The third-order valence-corrected chi connectivity index (χ3v) is 2.93. The Balaban J connectivity index is 2.17. The Labute approximate surface area is 130 Å². The van der Waals surface area contributed by atoms with Gasteiger partial charge in [-0.3, -0.25) is 14.3 Å². The van der Waals surface area contributed by atoms with Crippen LogP contribution in [0.4, 0.5) is 11.5 Å². The van der Waals surface area contributed by atoms with Crippen LogP contribution in [0.3, 0.4) is 0 Å². The number of nitrogens with one attached hydrogen (secondary N) is 3. The zero-order valence-electron chi connectivity index (χ0n) is 12.5. The molecule has 0 fully saturated rings. The van der Waals surface area contributed by atoms with Gasteiger partial charge < -0.3 is 20.7 Å². The fourth-order valence-corrected chi connectivity index (χ4v) is 1.83. The number of hydrogen-bond acceptors (Lipinski definition) is 6. The van der Waals surface area contributed by atoms with Crippen molar-refractivity contribution in [3.05, 3.63) is 33.8 Å². The molecule has 0 radical (unpaired) electrons. The van der Waals surface area contributed by atoms with Crippen LogP contribution in [0.25, 0.3) is 0 Å². The Morgan fingerprint density at radius 1 is 1.43 bits per heavy atom. The zero-order chi connectivity index (χ0) is 17.0. The van der Waals surface area contributed by atoms with Crippen LogP contribution in [0.1, 0.15) is 34.3 Å². The molecule has 2 heterocycles. The van der Waals surface area contributed by atoms with Crippen LogP contribution in [0.15, 0.2) is 12.3 Å². The number of hydrogen-bond donors (Lipinski definition) is 3. The van der Waals surface area contributed by atoms with E-state index in [1.165, 1.54) is 10.9 Å². The predicted octanol–water partition coefficient (Wildman–Crippen LogP) is 0.443. The molecule has 3 N–H and O–H groups in total. The maximum atomic E-state index is 12.1. The summed E-state index contributed by atoms with van der Waals surface area (Å²) < 4.78 is 1.33. The van der Waals surface area contributed by atoms with Gasteiger partial charge >= 0.3 is 5.82 Å². The van der Waals surface area contributed by atoms with Crippen molar-refractivity contribution in [3.8, 4) is 0 Å². The molecule has 0 saturated heterocycles. The van der Waals surface area contributed by atoms with E-state index in [0.29, 0.717) is 6.54 Å². The standard InChI is InChI=1S/C12H15N7O4/c1-3-4-13-12(21)10-8(6-14-18(10)2)15-11(20)7-5-9(17-16-7)19(22)23/h5-6H,3-4H2,1-2H3,(H,13,21)(H,15,20)(H,16,17). The van der Waals surface area contributed by atoms with Crippen molar-refractivity contribution in [2.24, 2.45) is 7.05 Å². The van der Waals surface area contributed by atoms with Crippen LogP contribution < -0.4 is 10.6 Å². The number of carbonyl (C=O) groups excluding carboxylic acids is 2. The molecule has 2 rings (SSSR count). The van der Waals surface area contributed by atoms with E-state index in [9.17, 15) is 19.7 Å². The smallest absolute Gasteiger partial charge is 0.343 e. The number of amides is 2. The van der Waals surface area contributed by atoms with E-state index in [1.807, 2.05) is 6.92 Å². The summed E-state index contributed by atoms with van der Waals surface area (Å²) in [5.41, 5.74) is 0.203. The highest BCUT2D eigenvalue weighted by atomic mass is 16.6. The summed E-state index contributed by atoms with van der Waals surface area (Å²) in [5.74, 6) is -1.47. The van der Waals surface area contributed by atoms with Gasteiger partial charge in [0, 0.05) is 13.6 Å². The summed E-state index contributed by atoms with van der Waals surface area (Å²) in [6.45, 7) is 2.40. The van der Waals surface area contributed by atoms with E-state index in [4.69, 9.17) is 0 Å². The highest BCUT2D eigenvalue weighted by molar-refractivity contribution is 6.07. The zero-order valence-corrected chi connectivity index (χ0v) is 12.5. The van der Waals surface area contributed by atoms with E-state index in [1.54, 1.807) is 7.05 Å². The quantitative estimate of drug-likeness (QED) is 0.519. The molecule has 0 spiro atoms. The van der Waals surface area contributed by atoms with Gasteiger partial charge in [-0.1, -0.05) is 12.0 Å². The van der Waals surface area contributed by atoms with Gasteiger partial charge in [0.15, 0.2) is 5.69 Å². The van der Waals surface area contributed by atoms with Crippen molar-refractivity contribution in [2.75, 3.05) is 11.9 Å². The van der Waals surface area contributed by atoms with Crippen LogP contribution in [0.2, 0.25) is 0 Å². The van der Waals surface area contributed by atoms with E-state index < -0.39 is 16.6 Å². The van der Waals surface area contributed by atoms with Crippen molar-refractivity contribution >= 4 is 23.3 Å². The molecule has 0 saturated carbocycles. The molecule has 11 heteroatoms. The van der Waals surface area contributed by atoms with Crippen molar-refractivity contribution in [3.63, 3.8) is 0 Å². The summed E-state index contributed by atoms with van der Waals surface area (Å²) in [4.78, 5) is 34.0. The number of rotatable bonds is 6. The molecule has 23 heavy (non-hydrogen) atoms. The SMILES string of the molecule is CCCNC(=O)c1c(NC(=O)c2cc([N+](=O)[O-])[nH]n2)cnn1C. The molecular weight excluding hydrogens is 306 g/mol. The molecule has 0 unspecified atom stereocenters. The van der Waals surface area contributed by atoms with Gasteiger partial charge in [0.25, 0.3) is 11.8 Å². The Bertz CT molecular complexity index is 748. The van der Waals surface area contributed by atoms with Crippen molar-refractivity contribution < 1.29 is 14.5 Å². The number of H-pyrrole nitrogens is 1. The molecule has 0 atom stereocenters. The Morgan fingerprint density at radius 2 is 2.17 bits per heavy atom. The second kappa shape index (κ2) is 6.68. The lowest BCUT2D eigenvalue weighted by molar-refractivity contribution is -0.389. The van der Waals surface area contributed by atoms with Crippen LogP contribution in [-0.4, -0.2) is 43.3 Å². The minimum atomic E-state index is -0.697. The number of aromatic amines is 1. The van der Waals surface area contributed by atoms with E-state index in [0.717, 1.165) is 12.5 Å². The monoisotopic (exact) mass is 321 g/mol. The minimum Gasteiger partial charge on any atom is -0.358 e. The maximum Gasteiger partial charge on any atom is 0.343 e. The van der Waals surface area contributed by atoms with Gasteiger partial charge in [-0.25, -0.2) is 0 Å². The number of nitro groups is 1. The lowest BCUT2D eigenvalue weighted by atomic mass is 10.3. The molecule has 0 bridgehead atoms. The first-order chi connectivity index (χ1) is 10.9. The van der Waals surface area contributed by atoms with Crippen LogP contribution in [0.5, 0.6) is 0 Å². The van der Waals surface area contributed by atoms with E-state index in [2.05, 4.69) is 25.9 Å². The molecule has 0 aliphatic carbocycles. The van der Waals surface area contributed by atoms with Gasteiger partial charge in [0.1, 0.15) is 5.69 Å². The number of nitrogens with zero attached hydrogens (tertiary/aromatic N) is 4. The van der Waals surface area contributed by atoms with Gasteiger partial charge in [-0.2, -0.15) is 5.10 Å². The first-order valence-corrected chi connectivity index (χ1v) is 6.75. The summed E-state index contributed by atoms with van der Waals surface area (Å²) in [6.07, 6.45) is 2.09. The van der Waals surface area contributed by atoms with Gasteiger partial charge in [0.2, 0.25) is 0 Å². The lowest BCUT2D eigenvalue weighted by Crippen LogP contribution is -2.27. The maximum absolute atomic E-state index is 12.1. The lowest BCUT2D eigenvalue weighted by Gasteiger charge is -2.07. The van der Waals surface area contributed by atoms with Gasteiger partial charge in [0.05, 0.1) is 18.0 Å². The molecule has 0 aliphatic rings. The number of carbonyl (C=O) groups is 2. The number of aromatic nitrogens is 4. The second-order valence-electron chi connectivity index (χ2n) is 4.64. The molecule has 2 aromatic heterocycles. The number of aryl methyl sites for hydroxylation is 1. The third-order valence-electron chi connectivity index (χ3n) is 2.93. The van der Waals surface area contributed by atoms with Crippen LogP contribution in [0, 0.1) is 10.1 Å². The average Bonchev–Trinajstić information content (AvgIpc) is 3.12. The molecule has 2 amide bonds.